The zero-order valence-electron chi connectivity index (χ0n) is 13.3. The van der Waals surface area contributed by atoms with Gasteiger partial charge in [-0.15, -0.1) is 0 Å². The molecular formula is C16H23N3O4. The summed E-state index contributed by atoms with van der Waals surface area (Å²) in [5.74, 6) is 0.000176. The molecule has 7 nitrogen and oxygen atoms in total. The Morgan fingerprint density at radius 2 is 2.17 bits per heavy atom. The lowest BCUT2D eigenvalue weighted by Gasteiger charge is -2.32. The van der Waals surface area contributed by atoms with Crippen molar-refractivity contribution < 1.29 is 19.4 Å². The van der Waals surface area contributed by atoms with Gasteiger partial charge in [-0.1, -0.05) is 0 Å². The molecule has 2 rings (SSSR count). The molecule has 2 N–H and O–H groups in total. The van der Waals surface area contributed by atoms with E-state index in [1.54, 1.807) is 17.3 Å². The van der Waals surface area contributed by atoms with Crippen LogP contribution in [0.2, 0.25) is 0 Å². The fourth-order valence-electron chi connectivity index (χ4n) is 2.50. The summed E-state index contributed by atoms with van der Waals surface area (Å²) in [4.78, 5) is 28.2. The number of urea groups is 1. The third kappa shape index (κ3) is 5.43. The maximum atomic E-state index is 12.0. The van der Waals surface area contributed by atoms with Gasteiger partial charge in [0.25, 0.3) is 0 Å². The molecule has 23 heavy (non-hydrogen) atoms. The Morgan fingerprint density at radius 1 is 1.43 bits per heavy atom. The number of carbonyl (C=O) groups excluding carboxylic acids is 1. The van der Waals surface area contributed by atoms with Gasteiger partial charge in [0, 0.05) is 56.9 Å². The van der Waals surface area contributed by atoms with E-state index in [4.69, 9.17) is 9.84 Å². The van der Waals surface area contributed by atoms with Gasteiger partial charge in [0.2, 0.25) is 0 Å². The highest BCUT2D eigenvalue weighted by molar-refractivity contribution is 5.74. The number of carboxylic acids is 1. The summed E-state index contributed by atoms with van der Waals surface area (Å²) < 4.78 is 5.98. The molecule has 1 saturated heterocycles. The Bertz CT molecular complexity index is 542. The monoisotopic (exact) mass is 321 g/mol. The van der Waals surface area contributed by atoms with Gasteiger partial charge >= 0.3 is 12.0 Å². The van der Waals surface area contributed by atoms with E-state index in [0.717, 1.165) is 24.2 Å². The normalized spacial score (nSPS) is 15.3. The van der Waals surface area contributed by atoms with Gasteiger partial charge in [0.05, 0.1) is 0 Å². The van der Waals surface area contributed by atoms with Gasteiger partial charge in [-0.05, 0) is 19.4 Å². The van der Waals surface area contributed by atoms with E-state index in [9.17, 15) is 9.59 Å². The predicted octanol–water partition coefficient (Wildman–Crippen LogP) is 1.81. The lowest BCUT2D eigenvalue weighted by molar-refractivity contribution is -0.137. The summed E-state index contributed by atoms with van der Waals surface area (Å²) in [6.07, 6.45) is 5.67. The van der Waals surface area contributed by atoms with Crippen LogP contribution >= 0.6 is 0 Å². The number of carboxylic acid groups (broad SMARTS) is 1. The van der Waals surface area contributed by atoms with E-state index < -0.39 is 5.97 Å². The molecule has 0 atom stereocenters. The summed E-state index contributed by atoms with van der Waals surface area (Å²) in [6.45, 7) is 3.62. The Balaban J connectivity index is 1.70. The molecule has 0 radical (unpaired) electrons. The van der Waals surface area contributed by atoms with Crippen LogP contribution in [0.3, 0.4) is 0 Å². The van der Waals surface area contributed by atoms with Crippen LogP contribution in [0.25, 0.3) is 0 Å². The number of aliphatic carboxylic acids is 1. The Morgan fingerprint density at radius 3 is 2.83 bits per heavy atom. The van der Waals surface area contributed by atoms with Crippen LogP contribution in [-0.4, -0.2) is 52.7 Å². The summed E-state index contributed by atoms with van der Waals surface area (Å²) in [5, 5.41) is 11.3. The second-order valence-corrected chi connectivity index (χ2v) is 5.67. The number of pyridine rings is 1. The molecule has 0 bridgehead atoms. The first-order chi connectivity index (χ1) is 11.1. The second-order valence-electron chi connectivity index (χ2n) is 5.67. The minimum Gasteiger partial charge on any atom is -0.490 e. The number of rotatable bonds is 6. The van der Waals surface area contributed by atoms with Gasteiger partial charge in [0.15, 0.2) is 0 Å². The molecule has 0 unspecified atom stereocenters. The minimum absolute atomic E-state index is 0.0709. The fourth-order valence-corrected chi connectivity index (χ4v) is 2.50. The molecule has 7 heteroatoms. The zero-order valence-corrected chi connectivity index (χ0v) is 13.3. The largest absolute Gasteiger partial charge is 0.490 e. The van der Waals surface area contributed by atoms with Crippen molar-refractivity contribution >= 4 is 12.0 Å². The number of amides is 2. The van der Waals surface area contributed by atoms with E-state index in [-0.39, 0.29) is 18.6 Å². The van der Waals surface area contributed by atoms with Crippen molar-refractivity contribution in [3.63, 3.8) is 0 Å². The van der Waals surface area contributed by atoms with E-state index in [0.29, 0.717) is 26.1 Å². The van der Waals surface area contributed by atoms with Crippen LogP contribution in [0.1, 0.15) is 31.2 Å². The molecule has 1 fully saturated rings. The van der Waals surface area contributed by atoms with Crippen molar-refractivity contribution in [1.82, 2.24) is 15.2 Å². The number of ether oxygens (including phenoxy) is 1. The van der Waals surface area contributed by atoms with Crippen LogP contribution in [-0.2, 0) is 4.79 Å². The summed E-state index contributed by atoms with van der Waals surface area (Å²) in [6, 6.07) is 1.73. The number of likely N-dealkylation sites (tertiary alicyclic amines) is 1. The molecule has 2 amide bonds. The number of nitrogens with one attached hydrogen (secondary N) is 1. The Labute approximate surface area is 135 Å². The molecule has 1 aromatic rings. The lowest BCUT2D eigenvalue weighted by atomic mass is 10.1. The number of hydrogen-bond donors (Lipinski definition) is 2. The average molecular weight is 321 g/mol. The number of piperidine rings is 1. The lowest BCUT2D eigenvalue weighted by Crippen LogP contribution is -2.46. The molecule has 1 aromatic heterocycles. The molecule has 0 aliphatic carbocycles. The first-order valence-electron chi connectivity index (χ1n) is 7.88. The third-order valence-electron chi connectivity index (χ3n) is 3.84. The summed E-state index contributed by atoms with van der Waals surface area (Å²) in [5.41, 5.74) is 1.01. The van der Waals surface area contributed by atoms with Crippen molar-refractivity contribution in [2.24, 2.45) is 0 Å². The molecule has 0 aromatic carbocycles. The second kappa shape index (κ2) is 8.36. The highest BCUT2D eigenvalue weighted by atomic mass is 16.5. The molecule has 1 aliphatic rings. The molecule has 1 aliphatic heterocycles. The van der Waals surface area contributed by atoms with Crippen molar-refractivity contribution in [2.45, 2.75) is 38.7 Å². The van der Waals surface area contributed by atoms with Crippen LogP contribution in [0.4, 0.5) is 4.79 Å². The van der Waals surface area contributed by atoms with Gasteiger partial charge in [-0.25, -0.2) is 4.79 Å². The standard InChI is InChI=1S/C16H23N3O4/c1-12-11-17-8-4-14(12)23-13-5-9-19(10-6-13)16(22)18-7-2-3-15(20)21/h4,8,11,13H,2-3,5-7,9-10H2,1H3,(H,18,22)(H,20,21). The Hall–Kier alpha value is -2.31. The van der Waals surface area contributed by atoms with Gasteiger partial charge in [0.1, 0.15) is 11.9 Å². The van der Waals surface area contributed by atoms with Gasteiger partial charge in [-0.3, -0.25) is 9.78 Å². The fraction of sp³-hybridized carbons (Fsp3) is 0.562. The maximum Gasteiger partial charge on any atom is 0.317 e. The zero-order chi connectivity index (χ0) is 16.7. The SMILES string of the molecule is Cc1cnccc1OC1CCN(C(=O)NCCCC(=O)O)CC1. The number of nitrogens with zero attached hydrogens (tertiary/aromatic N) is 2. The minimum atomic E-state index is -0.844. The van der Waals surface area contributed by atoms with Crippen LogP contribution < -0.4 is 10.1 Å². The number of hydrogen-bond acceptors (Lipinski definition) is 4. The topological polar surface area (TPSA) is 91.8 Å². The molecule has 0 spiro atoms. The summed E-state index contributed by atoms with van der Waals surface area (Å²) >= 11 is 0. The van der Waals surface area contributed by atoms with Crippen molar-refractivity contribution in [3.8, 4) is 5.75 Å². The Kier molecular flexibility index (Phi) is 6.19. The van der Waals surface area contributed by atoms with Gasteiger partial charge in [-0.2, -0.15) is 0 Å². The van der Waals surface area contributed by atoms with Gasteiger partial charge < -0.3 is 20.1 Å². The van der Waals surface area contributed by atoms with E-state index >= 15 is 0 Å². The van der Waals surface area contributed by atoms with Crippen LogP contribution in [0.5, 0.6) is 5.75 Å². The maximum absolute atomic E-state index is 12.0. The van der Waals surface area contributed by atoms with E-state index in [1.807, 2.05) is 13.0 Å². The highest BCUT2D eigenvalue weighted by Gasteiger charge is 2.24. The van der Waals surface area contributed by atoms with Crippen LogP contribution in [0.15, 0.2) is 18.5 Å². The number of aromatic nitrogens is 1. The molecule has 126 valence electrons. The van der Waals surface area contributed by atoms with Crippen molar-refractivity contribution in [3.05, 3.63) is 24.0 Å². The predicted molar refractivity (Wildman–Crippen MR) is 84.5 cm³/mol. The number of carbonyl (C=O) groups is 2. The quantitative estimate of drug-likeness (QED) is 0.780. The van der Waals surface area contributed by atoms with Crippen LogP contribution in [0, 0.1) is 6.92 Å². The highest BCUT2D eigenvalue weighted by Crippen LogP contribution is 2.21. The average Bonchev–Trinajstić information content (AvgIpc) is 2.54. The summed E-state index contributed by atoms with van der Waals surface area (Å²) in [7, 11) is 0. The van der Waals surface area contributed by atoms with E-state index in [2.05, 4.69) is 10.3 Å². The molecular weight excluding hydrogens is 298 g/mol. The third-order valence-corrected chi connectivity index (χ3v) is 3.84. The smallest absolute Gasteiger partial charge is 0.317 e. The van der Waals surface area contributed by atoms with Crippen molar-refractivity contribution in [2.75, 3.05) is 19.6 Å². The first kappa shape index (κ1) is 17.1. The molecule has 2 heterocycles. The van der Waals surface area contributed by atoms with E-state index in [1.165, 1.54) is 0 Å². The molecule has 0 saturated carbocycles. The number of aryl methyl sites for hydroxylation is 1. The first-order valence-corrected chi connectivity index (χ1v) is 7.88. The van der Waals surface area contributed by atoms with Crippen molar-refractivity contribution in [1.29, 1.82) is 0 Å².